The third kappa shape index (κ3) is 3.32. The summed E-state index contributed by atoms with van der Waals surface area (Å²) >= 11 is 0. The number of fused-ring (bicyclic) bond motifs is 8. The first kappa shape index (κ1) is 23.9. The van der Waals surface area contributed by atoms with Crippen LogP contribution in [0.1, 0.15) is 11.3 Å². The minimum absolute atomic E-state index is 0.888. The number of benzene rings is 5. The van der Waals surface area contributed by atoms with Gasteiger partial charge in [-0.3, -0.25) is 4.40 Å². The van der Waals surface area contributed by atoms with Gasteiger partial charge in [0.15, 0.2) is 5.65 Å². The quantitative estimate of drug-likeness (QED) is 0.204. The first-order chi connectivity index (χ1) is 21.2. The van der Waals surface area contributed by atoms with E-state index in [9.17, 15) is 0 Å². The van der Waals surface area contributed by atoms with Gasteiger partial charge < -0.3 is 4.57 Å². The highest BCUT2D eigenvalue weighted by Gasteiger charge is 2.22. The largest absolute Gasteiger partial charge is 0.310 e. The lowest BCUT2D eigenvalue weighted by atomic mass is 10.0. The highest BCUT2D eigenvalue weighted by atomic mass is 15.0. The maximum atomic E-state index is 5.30. The second-order valence-corrected chi connectivity index (χ2v) is 11.2. The van der Waals surface area contributed by atoms with E-state index in [2.05, 4.69) is 132 Å². The van der Waals surface area contributed by atoms with Crippen LogP contribution < -0.4 is 0 Å². The van der Waals surface area contributed by atoms with Crippen molar-refractivity contribution in [2.45, 2.75) is 6.92 Å². The Bertz CT molecular complexity index is 2570. The third-order valence-electron chi connectivity index (χ3n) is 8.80. The number of rotatable bonds is 4. The molecule has 4 heteroatoms. The molecule has 4 heterocycles. The van der Waals surface area contributed by atoms with Gasteiger partial charge in [0.05, 0.1) is 27.6 Å². The summed E-state index contributed by atoms with van der Waals surface area (Å²) in [6.45, 7) is 6.13. The molecule has 0 fully saturated rings. The number of allylic oxidation sites excluding steroid dienone is 2. The molecule has 0 saturated carbocycles. The number of aryl methyl sites for hydroxylation is 1. The van der Waals surface area contributed by atoms with Gasteiger partial charge in [0.1, 0.15) is 5.52 Å². The minimum Gasteiger partial charge on any atom is -0.310 e. The lowest BCUT2D eigenvalue weighted by molar-refractivity contribution is 1.10. The molecule has 0 spiro atoms. The molecule has 0 atom stereocenters. The van der Waals surface area contributed by atoms with Crippen LogP contribution in [0.15, 0.2) is 128 Å². The van der Waals surface area contributed by atoms with Crippen molar-refractivity contribution in [2.24, 2.45) is 0 Å². The van der Waals surface area contributed by atoms with Crippen LogP contribution in [-0.2, 0) is 0 Å². The Morgan fingerprint density at radius 3 is 2.26 bits per heavy atom. The number of hydrogen-bond acceptors (Lipinski definition) is 2. The van der Waals surface area contributed by atoms with Gasteiger partial charge in [0.2, 0.25) is 0 Å². The van der Waals surface area contributed by atoms with E-state index in [0.29, 0.717) is 0 Å². The maximum Gasteiger partial charge on any atom is 0.165 e. The molecule has 0 aliphatic carbocycles. The molecule has 0 aliphatic rings. The van der Waals surface area contributed by atoms with Crippen molar-refractivity contribution < 1.29 is 0 Å². The Balaban J connectivity index is 1.41. The lowest BCUT2D eigenvalue weighted by Crippen LogP contribution is -1.97. The molecule has 5 aromatic carbocycles. The van der Waals surface area contributed by atoms with Crippen LogP contribution >= 0.6 is 0 Å². The molecule has 0 bridgehead atoms. The zero-order valence-electron chi connectivity index (χ0n) is 23.6. The number of hydrogen-bond donors (Lipinski definition) is 0. The lowest BCUT2D eigenvalue weighted by Gasteiger charge is -2.09. The highest BCUT2D eigenvalue weighted by molar-refractivity contribution is 6.24. The predicted octanol–water partition coefficient (Wildman–Crippen LogP) is 9.90. The van der Waals surface area contributed by atoms with Gasteiger partial charge in [0, 0.05) is 32.9 Å². The van der Waals surface area contributed by atoms with Crippen molar-refractivity contribution in [1.29, 1.82) is 0 Å². The number of nitrogens with zero attached hydrogens (tertiary/aromatic N) is 4. The normalized spacial score (nSPS) is 12.3. The van der Waals surface area contributed by atoms with Gasteiger partial charge in [-0.05, 0) is 66.1 Å². The zero-order valence-corrected chi connectivity index (χ0v) is 23.6. The fourth-order valence-corrected chi connectivity index (χ4v) is 6.84. The molecule has 0 aliphatic heterocycles. The van der Waals surface area contributed by atoms with Crippen LogP contribution in [-0.4, -0.2) is 18.9 Å². The van der Waals surface area contributed by atoms with E-state index in [4.69, 9.17) is 9.97 Å². The average molecular weight is 551 g/mol. The van der Waals surface area contributed by atoms with Gasteiger partial charge in [-0.1, -0.05) is 91.5 Å². The Hall–Kier alpha value is -5.74. The molecule has 0 radical (unpaired) electrons. The molecule has 9 rings (SSSR count). The summed E-state index contributed by atoms with van der Waals surface area (Å²) in [5.41, 5.74) is 12.9. The summed E-state index contributed by atoms with van der Waals surface area (Å²) in [6.07, 6.45) is 5.99. The molecular formula is C39H26N4. The molecule has 9 aromatic rings. The molecule has 0 N–H and O–H groups in total. The Labute approximate surface area is 247 Å². The zero-order chi connectivity index (χ0) is 28.7. The van der Waals surface area contributed by atoms with E-state index in [1.54, 1.807) is 0 Å². The van der Waals surface area contributed by atoms with Crippen LogP contribution in [0.2, 0.25) is 0 Å². The van der Waals surface area contributed by atoms with Gasteiger partial charge in [-0.15, -0.1) is 0 Å². The number of aromatic nitrogens is 4. The monoisotopic (exact) mass is 550 g/mol. The summed E-state index contributed by atoms with van der Waals surface area (Å²) in [7, 11) is 0. The summed E-state index contributed by atoms with van der Waals surface area (Å²) in [5, 5.41) is 4.82. The molecule has 43 heavy (non-hydrogen) atoms. The van der Waals surface area contributed by atoms with E-state index in [0.717, 1.165) is 55.6 Å². The SMILES string of the molecule is C=C/C=C\c1c(C)c2cc3c4cccc5c6nc7ccc(-c8ccccc8)cc7nc6n(c3cc2n1-c1ccccc1)c45. The Kier molecular flexibility index (Phi) is 4.94. The van der Waals surface area contributed by atoms with Crippen LogP contribution in [0, 0.1) is 6.92 Å². The Morgan fingerprint density at radius 1 is 0.651 bits per heavy atom. The van der Waals surface area contributed by atoms with E-state index < -0.39 is 0 Å². The molecule has 0 unspecified atom stereocenters. The standard InChI is InChI=1S/C39H26N4/c1-3-4-18-34-24(2)30-22-31-28-16-11-17-29-37-39(41-33-21-26(19-20-32(33)40-37)25-12-7-5-8-13-25)43(38(28)29)36(31)23-35(30)42(34)27-14-9-6-10-15-27/h3-23H,1H2,2H3/b18-4-. The number of para-hydroxylation sites is 2. The van der Waals surface area contributed by atoms with Crippen molar-refractivity contribution in [2.75, 3.05) is 0 Å². The first-order valence-electron chi connectivity index (χ1n) is 14.6. The van der Waals surface area contributed by atoms with E-state index in [1.807, 2.05) is 18.2 Å². The fraction of sp³-hybridized carbons (Fsp3) is 0.0256. The highest BCUT2D eigenvalue weighted by Crippen LogP contribution is 2.42. The van der Waals surface area contributed by atoms with Gasteiger partial charge in [-0.25, -0.2) is 9.97 Å². The van der Waals surface area contributed by atoms with E-state index >= 15 is 0 Å². The summed E-state index contributed by atoms with van der Waals surface area (Å²) in [4.78, 5) is 10.5. The van der Waals surface area contributed by atoms with Gasteiger partial charge >= 0.3 is 0 Å². The molecule has 0 saturated heterocycles. The fourth-order valence-electron chi connectivity index (χ4n) is 6.84. The van der Waals surface area contributed by atoms with Crippen LogP contribution in [0.25, 0.3) is 83.2 Å². The average Bonchev–Trinajstić information content (AvgIpc) is 3.66. The molecule has 0 amide bonds. The van der Waals surface area contributed by atoms with Crippen molar-refractivity contribution in [3.05, 3.63) is 139 Å². The molecular weight excluding hydrogens is 524 g/mol. The first-order valence-corrected chi connectivity index (χ1v) is 14.6. The summed E-state index contributed by atoms with van der Waals surface area (Å²) < 4.78 is 4.68. The predicted molar refractivity (Wildman–Crippen MR) is 180 cm³/mol. The Morgan fingerprint density at radius 2 is 1.44 bits per heavy atom. The topological polar surface area (TPSA) is 35.1 Å². The molecule has 4 nitrogen and oxygen atoms in total. The second-order valence-electron chi connectivity index (χ2n) is 11.2. The van der Waals surface area contributed by atoms with Gasteiger partial charge in [0.25, 0.3) is 0 Å². The van der Waals surface area contributed by atoms with Crippen molar-refractivity contribution >= 4 is 66.4 Å². The molecule has 202 valence electrons. The van der Waals surface area contributed by atoms with Crippen LogP contribution in [0.4, 0.5) is 0 Å². The van der Waals surface area contributed by atoms with Crippen molar-refractivity contribution in [1.82, 2.24) is 18.9 Å². The smallest absolute Gasteiger partial charge is 0.165 e. The van der Waals surface area contributed by atoms with Gasteiger partial charge in [-0.2, -0.15) is 0 Å². The minimum atomic E-state index is 0.888. The van der Waals surface area contributed by atoms with Crippen LogP contribution in [0.3, 0.4) is 0 Å². The maximum absolute atomic E-state index is 5.30. The van der Waals surface area contributed by atoms with Crippen molar-refractivity contribution in [3.8, 4) is 16.8 Å². The second kappa shape index (κ2) is 8.88. The van der Waals surface area contributed by atoms with Crippen LogP contribution in [0.5, 0.6) is 0 Å². The summed E-state index contributed by atoms with van der Waals surface area (Å²) in [6, 6.07) is 38.6. The summed E-state index contributed by atoms with van der Waals surface area (Å²) in [5.74, 6) is 0. The van der Waals surface area contributed by atoms with E-state index in [1.165, 1.54) is 32.8 Å². The van der Waals surface area contributed by atoms with E-state index in [-0.39, 0.29) is 0 Å². The van der Waals surface area contributed by atoms with Crippen molar-refractivity contribution in [3.63, 3.8) is 0 Å². The molecule has 4 aromatic heterocycles. The third-order valence-corrected chi connectivity index (χ3v) is 8.80.